The van der Waals surface area contributed by atoms with Crippen molar-refractivity contribution >= 4 is 17.1 Å². The number of oxazole rings is 1. The fraction of sp³-hybridized carbons (Fsp3) is 0.429. The molecule has 1 aromatic heterocycles. The molecular formula is C14H17NO4. The van der Waals surface area contributed by atoms with Crippen molar-refractivity contribution in [2.75, 3.05) is 0 Å². The third-order valence-electron chi connectivity index (χ3n) is 3.14. The fourth-order valence-corrected chi connectivity index (χ4v) is 1.84. The van der Waals surface area contributed by atoms with Crippen molar-refractivity contribution in [3.05, 3.63) is 34.8 Å². The first-order valence-corrected chi connectivity index (χ1v) is 6.35. The number of fused-ring (bicyclic) bond motifs is 1. The van der Waals surface area contributed by atoms with Crippen LogP contribution in [-0.4, -0.2) is 16.6 Å². The summed E-state index contributed by atoms with van der Waals surface area (Å²) in [6.07, 6.45) is 0.572. The lowest BCUT2D eigenvalue weighted by atomic mass is 10.2. The predicted molar refractivity (Wildman–Crippen MR) is 71.0 cm³/mol. The van der Waals surface area contributed by atoms with Crippen molar-refractivity contribution in [1.82, 2.24) is 4.57 Å². The first-order chi connectivity index (χ1) is 9.04. The zero-order valence-corrected chi connectivity index (χ0v) is 11.3. The molecule has 0 saturated heterocycles. The highest BCUT2D eigenvalue weighted by Gasteiger charge is 2.23. The number of carbonyl (C=O) groups is 1. The summed E-state index contributed by atoms with van der Waals surface area (Å²) >= 11 is 0. The Kier molecular flexibility index (Phi) is 3.74. The van der Waals surface area contributed by atoms with Crippen LogP contribution < -0.4 is 5.76 Å². The van der Waals surface area contributed by atoms with Crippen LogP contribution in [0.4, 0.5) is 0 Å². The van der Waals surface area contributed by atoms with Gasteiger partial charge in [0.25, 0.3) is 0 Å². The van der Waals surface area contributed by atoms with Crippen LogP contribution in [0.15, 0.2) is 33.5 Å². The summed E-state index contributed by atoms with van der Waals surface area (Å²) in [5, 5.41) is 0. The topological polar surface area (TPSA) is 61.4 Å². The van der Waals surface area contributed by atoms with Crippen molar-refractivity contribution in [2.24, 2.45) is 0 Å². The van der Waals surface area contributed by atoms with E-state index >= 15 is 0 Å². The zero-order valence-electron chi connectivity index (χ0n) is 11.3. The van der Waals surface area contributed by atoms with Crippen LogP contribution in [-0.2, 0) is 9.53 Å². The van der Waals surface area contributed by atoms with Gasteiger partial charge in [-0.2, -0.15) is 0 Å². The molecule has 0 spiro atoms. The Bertz CT molecular complexity index is 640. The van der Waals surface area contributed by atoms with E-state index in [1.807, 2.05) is 13.8 Å². The van der Waals surface area contributed by atoms with Gasteiger partial charge in [0.15, 0.2) is 5.58 Å². The van der Waals surface area contributed by atoms with E-state index in [9.17, 15) is 9.59 Å². The number of esters is 1. The van der Waals surface area contributed by atoms with Gasteiger partial charge in [0, 0.05) is 0 Å². The Morgan fingerprint density at radius 3 is 2.74 bits per heavy atom. The van der Waals surface area contributed by atoms with E-state index in [0.717, 1.165) is 6.42 Å². The number of nitrogens with zero attached hydrogens (tertiary/aromatic N) is 1. The minimum atomic E-state index is -0.704. The predicted octanol–water partition coefficient (Wildman–Crippen LogP) is 2.50. The molecule has 0 fully saturated rings. The average Bonchev–Trinajstić information content (AvgIpc) is 2.73. The van der Waals surface area contributed by atoms with Crippen LogP contribution in [0, 0.1) is 0 Å². The summed E-state index contributed by atoms with van der Waals surface area (Å²) in [6, 6.07) is 6.30. The van der Waals surface area contributed by atoms with E-state index in [2.05, 4.69) is 0 Å². The molecule has 0 radical (unpaired) electrons. The summed E-state index contributed by atoms with van der Waals surface area (Å²) in [6.45, 7) is 5.39. The van der Waals surface area contributed by atoms with E-state index in [1.165, 1.54) is 4.57 Å². The second-order valence-electron chi connectivity index (χ2n) is 4.54. The van der Waals surface area contributed by atoms with Crippen molar-refractivity contribution in [3.63, 3.8) is 0 Å². The van der Waals surface area contributed by atoms with Gasteiger partial charge >= 0.3 is 11.7 Å². The van der Waals surface area contributed by atoms with Crippen LogP contribution >= 0.6 is 0 Å². The lowest BCUT2D eigenvalue weighted by Crippen LogP contribution is -2.28. The molecule has 0 aliphatic rings. The zero-order chi connectivity index (χ0) is 14.0. The van der Waals surface area contributed by atoms with Gasteiger partial charge in [-0.25, -0.2) is 9.59 Å². The van der Waals surface area contributed by atoms with Gasteiger partial charge in [-0.15, -0.1) is 0 Å². The van der Waals surface area contributed by atoms with E-state index in [1.54, 1.807) is 31.2 Å². The standard InChI is InChI=1S/C14H17NO4/c1-4-9(2)18-13(16)10(3)15-11-7-5-6-8-12(11)19-14(15)17/h5-10H,4H2,1-3H3. The van der Waals surface area contributed by atoms with Gasteiger partial charge in [-0.05, 0) is 32.4 Å². The quantitative estimate of drug-likeness (QED) is 0.795. The van der Waals surface area contributed by atoms with Crippen molar-refractivity contribution in [2.45, 2.75) is 39.3 Å². The number of ether oxygens (including phenoxy) is 1. The monoisotopic (exact) mass is 263 g/mol. The van der Waals surface area contributed by atoms with Crippen molar-refractivity contribution < 1.29 is 13.9 Å². The number of hydrogen-bond acceptors (Lipinski definition) is 4. The molecule has 5 heteroatoms. The highest BCUT2D eigenvalue weighted by molar-refractivity contribution is 5.79. The Morgan fingerprint density at radius 2 is 2.05 bits per heavy atom. The van der Waals surface area contributed by atoms with Crippen LogP contribution in [0.2, 0.25) is 0 Å². The minimum Gasteiger partial charge on any atom is -0.461 e. The Hall–Kier alpha value is -2.04. The molecule has 19 heavy (non-hydrogen) atoms. The molecule has 2 rings (SSSR count). The summed E-state index contributed by atoms with van der Waals surface area (Å²) in [4.78, 5) is 23.8. The molecule has 2 unspecified atom stereocenters. The molecule has 2 atom stereocenters. The Morgan fingerprint density at radius 1 is 1.37 bits per heavy atom. The van der Waals surface area contributed by atoms with Gasteiger partial charge in [0.1, 0.15) is 6.04 Å². The van der Waals surface area contributed by atoms with Crippen LogP contribution in [0.25, 0.3) is 11.1 Å². The van der Waals surface area contributed by atoms with Crippen LogP contribution in [0.3, 0.4) is 0 Å². The number of benzene rings is 1. The Labute approximate surface area is 110 Å². The molecule has 0 saturated carbocycles. The minimum absolute atomic E-state index is 0.163. The normalized spacial score (nSPS) is 14.3. The molecule has 0 amide bonds. The van der Waals surface area contributed by atoms with Crippen LogP contribution in [0.1, 0.15) is 33.2 Å². The lowest BCUT2D eigenvalue weighted by molar-refractivity contribution is -0.151. The van der Waals surface area contributed by atoms with E-state index in [-0.39, 0.29) is 6.10 Å². The first kappa shape index (κ1) is 13.4. The molecule has 2 aromatic rings. The molecule has 5 nitrogen and oxygen atoms in total. The molecule has 0 bridgehead atoms. The highest BCUT2D eigenvalue weighted by Crippen LogP contribution is 2.18. The summed E-state index contributed by atoms with van der Waals surface area (Å²) in [5.41, 5.74) is 1.07. The second-order valence-corrected chi connectivity index (χ2v) is 4.54. The maximum Gasteiger partial charge on any atom is 0.420 e. The summed E-state index contributed by atoms with van der Waals surface area (Å²) < 4.78 is 11.7. The number of carbonyl (C=O) groups excluding carboxylic acids is 1. The maximum absolute atomic E-state index is 12.0. The number of rotatable bonds is 4. The van der Waals surface area contributed by atoms with E-state index in [0.29, 0.717) is 11.1 Å². The molecule has 0 aliphatic heterocycles. The van der Waals surface area contributed by atoms with Gasteiger partial charge in [-0.1, -0.05) is 19.1 Å². The average molecular weight is 263 g/mol. The van der Waals surface area contributed by atoms with Gasteiger partial charge in [0.2, 0.25) is 0 Å². The third kappa shape index (κ3) is 2.54. The second kappa shape index (κ2) is 5.30. The summed E-state index contributed by atoms with van der Waals surface area (Å²) in [7, 11) is 0. The van der Waals surface area contributed by atoms with Crippen molar-refractivity contribution in [1.29, 1.82) is 0 Å². The number of hydrogen-bond donors (Lipinski definition) is 0. The van der Waals surface area contributed by atoms with Gasteiger partial charge in [0.05, 0.1) is 11.6 Å². The molecular weight excluding hydrogens is 246 g/mol. The first-order valence-electron chi connectivity index (χ1n) is 6.35. The molecule has 102 valence electrons. The van der Waals surface area contributed by atoms with E-state index in [4.69, 9.17) is 9.15 Å². The van der Waals surface area contributed by atoms with Gasteiger partial charge in [-0.3, -0.25) is 4.57 Å². The Balaban J connectivity index is 2.36. The van der Waals surface area contributed by atoms with E-state index < -0.39 is 17.8 Å². The SMILES string of the molecule is CCC(C)OC(=O)C(C)n1c(=O)oc2ccccc21. The molecule has 1 aromatic carbocycles. The molecule has 1 heterocycles. The maximum atomic E-state index is 12.0. The fourth-order valence-electron chi connectivity index (χ4n) is 1.84. The van der Waals surface area contributed by atoms with Gasteiger partial charge < -0.3 is 9.15 Å². The van der Waals surface area contributed by atoms with Crippen LogP contribution in [0.5, 0.6) is 0 Å². The number of aromatic nitrogens is 1. The van der Waals surface area contributed by atoms with Crippen molar-refractivity contribution in [3.8, 4) is 0 Å². The summed E-state index contributed by atoms with van der Waals surface area (Å²) in [5.74, 6) is -0.974. The molecule has 0 aliphatic carbocycles. The lowest BCUT2D eigenvalue weighted by Gasteiger charge is -2.16. The smallest absolute Gasteiger partial charge is 0.420 e. The largest absolute Gasteiger partial charge is 0.461 e. The third-order valence-corrected chi connectivity index (χ3v) is 3.14. The molecule has 0 N–H and O–H groups in total. The highest BCUT2D eigenvalue weighted by atomic mass is 16.5. The number of para-hydroxylation sites is 2.